The van der Waals surface area contributed by atoms with E-state index in [9.17, 15) is 0 Å². The third-order valence-corrected chi connectivity index (χ3v) is 3.98. The van der Waals surface area contributed by atoms with Crippen LogP contribution in [0.15, 0.2) is 59.3 Å². The summed E-state index contributed by atoms with van der Waals surface area (Å²) < 4.78 is 1.13. The summed E-state index contributed by atoms with van der Waals surface area (Å²) in [4.78, 5) is 4.18. The summed E-state index contributed by atoms with van der Waals surface area (Å²) in [6.45, 7) is 2.19. The number of rotatable bonds is 2. The van der Waals surface area contributed by atoms with Gasteiger partial charge in [0.15, 0.2) is 0 Å². The van der Waals surface area contributed by atoms with Gasteiger partial charge in [0, 0.05) is 16.9 Å². The van der Waals surface area contributed by atoms with Crippen molar-refractivity contribution in [3.8, 4) is 0 Å². The highest BCUT2D eigenvalue weighted by molar-refractivity contribution is 9.10. The molecule has 0 fully saturated rings. The molecule has 3 rings (SSSR count). The van der Waals surface area contributed by atoms with Crippen LogP contribution >= 0.6 is 15.9 Å². The molecule has 0 aliphatic heterocycles. The van der Waals surface area contributed by atoms with E-state index >= 15 is 0 Å². The first-order chi connectivity index (χ1) is 9.24. The SMILES string of the molecule is Cc1c(Cc2cccnc2)ccc2ccc(Br)cc12. The highest BCUT2D eigenvalue weighted by Crippen LogP contribution is 2.26. The van der Waals surface area contributed by atoms with Gasteiger partial charge in [-0.05, 0) is 59.0 Å². The molecule has 0 atom stereocenters. The molecule has 0 spiro atoms. The van der Waals surface area contributed by atoms with Crippen LogP contribution in [0.3, 0.4) is 0 Å². The number of hydrogen-bond donors (Lipinski definition) is 0. The quantitative estimate of drug-likeness (QED) is 0.656. The standard InChI is InChI=1S/C17H14BrN/c1-12-15(9-13-3-2-8-19-11-13)5-4-14-6-7-16(18)10-17(12)14/h2-8,10-11H,9H2,1H3. The fraction of sp³-hybridized carbons (Fsp3) is 0.118. The predicted octanol–water partition coefficient (Wildman–Crippen LogP) is 4.90. The van der Waals surface area contributed by atoms with Crippen molar-refractivity contribution in [2.45, 2.75) is 13.3 Å². The van der Waals surface area contributed by atoms with Crippen molar-refractivity contribution in [1.29, 1.82) is 0 Å². The highest BCUT2D eigenvalue weighted by Gasteiger charge is 2.05. The van der Waals surface area contributed by atoms with E-state index in [0.717, 1.165) is 10.9 Å². The smallest absolute Gasteiger partial charge is 0.0303 e. The summed E-state index contributed by atoms with van der Waals surface area (Å²) in [6.07, 6.45) is 4.68. The minimum atomic E-state index is 0.933. The first-order valence-corrected chi connectivity index (χ1v) is 7.10. The number of fused-ring (bicyclic) bond motifs is 1. The average Bonchev–Trinajstić information content (AvgIpc) is 2.44. The number of hydrogen-bond acceptors (Lipinski definition) is 1. The van der Waals surface area contributed by atoms with Crippen LogP contribution in [0.4, 0.5) is 0 Å². The van der Waals surface area contributed by atoms with E-state index in [1.165, 1.54) is 27.5 Å². The molecule has 0 saturated heterocycles. The molecule has 0 amide bonds. The van der Waals surface area contributed by atoms with E-state index in [4.69, 9.17) is 0 Å². The average molecular weight is 312 g/mol. The van der Waals surface area contributed by atoms with Crippen LogP contribution in [-0.4, -0.2) is 4.98 Å². The van der Waals surface area contributed by atoms with Gasteiger partial charge in [0.05, 0.1) is 0 Å². The molecule has 19 heavy (non-hydrogen) atoms. The lowest BCUT2D eigenvalue weighted by Crippen LogP contribution is -1.93. The van der Waals surface area contributed by atoms with Gasteiger partial charge in [0.25, 0.3) is 0 Å². The van der Waals surface area contributed by atoms with Crippen molar-refractivity contribution in [1.82, 2.24) is 4.98 Å². The monoisotopic (exact) mass is 311 g/mol. The Morgan fingerprint density at radius 1 is 1.11 bits per heavy atom. The van der Waals surface area contributed by atoms with Crippen molar-refractivity contribution in [3.63, 3.8) is 0 Å². The summed E-state index contributed by atoms with van der Waals surface area (Å²) >= 11 is 3.55. The lowest BCUT2D eigenvalue weighted by atomic mass is 9.96. The Morgan fingerprint density at radius 3 is 2.74 bits per heavy atom. The second-order valence-electron chi connectivity index (χ2n) is 4.75. The summed E-state index contributed by atoms with van der Waals surface area (Å²) in [5.41, 5.74) is 3.96. The minimum absolute atomic E-state index is 0.933. The van der Waals surface area contributed by atoms with E-state index in [1.54, 1.807) is 0 Å². The van der Waals surface area contributed by atoms with Crippen LogP contribution in [0.25, 0.3) is 10.8 Å². The molecule has 94 valence electrons. The summed E-state index contributed by atoms with van der Waals surface area (Å²) in [5.74, 6) is 0. The third kappa shape index (κ3) is 2.54. The van der Waals surface area contributed by atoms with Crippen molar-refractivity contribution in [3.05, 3.63) is 76.0 Å². The zero-order chi connectivity index (χ0) is 13.2. The summed E-state index contributed by atoms with van der Waals surface area (Å²) in [5, 5.41) is 2.60. The van der Waals surface area contributed by atoms with Gasteiger partial charge in [0.1, 0.15) is 0 Å². The van der Waals surface area contributed by atoms with Crippen LogP contribution in [0.1, 0.15) is 16.7 Å². The van der Waals surface area contributed by atoms with Gasteiger partial charge in [-0.3, -0.25) is 4.98 Å². The van der Waals surface area contributed by atoms with Crippen molar-refractivity contribution < 1.29 is 0 Å². The predicted molar refractivity (Wildman–Crippen MR) is 83.4 cm³/mol. The zero-order valence-corrected chi connectivity index (χ0v) is 12.3. The Morgan fingerprint density at radius 2 is 1.95 bits per heavy atom. The first kappa shape index (κ1) is 12.4. The Bertz CT molecular complexity index is 720. The molecular weight excluding hydrogens is 298 g/mol. The lowest BCUT2D eigenvalue weighted by Gasteiger charge is -2.10. The number of benzene rings is 2. The van der Waals surface area contributed by atoms with Crippen molar-refractivity contribution in [2.75, 3.05) is 0 Å². The molecule has 0 radical (unpaired) electrons. The van der Waals surface area contributed by atoms with Gasteiger partial charge in [-0.25, -0.2) is 0 Å². The molecule has 0 unspecified atom stereocenters. The maximum absolute atomic E-state index is 4.18. The summed E-state index contributed by atoms with van der Waals surface area (Å²) in [7, 11) is 0. The Kier molecular flexibility index (Phi) is 3.34. The first-order valence-electron chi connectivity index (χ1n) is 6.31. The van der Waals surface area contributed by atoms with E-state index in [2.05, 4.69) is 64.2 Å². The Balaban J connectivity index is 2.07. The molecule has 0 aliphatic carbocycles. The molecular formula is C17H14BrN. The number of halogens is 1. The van der Waals surface area contributed by atoms with Crippen LogP contribution in [0.5, 0.6) is 0 Å². The highest BCUT2D eigenvalue weighted by atomic mass is 79.9. The largest absolute Gasteiger partial charge is 0.264 e. The zero-order valence-electron chi connectivity index (χ0n) is 10.7. The molecule has 0 aliphatic rings. The van der Waals surface area contributed by atoms with Crippen molar-refractivity contribution >= 4 is 26.7 Å². The van der Waals surface area contributed by atoms with Crippen LogP contribution < -0.4 is 0 Å². The van der Waals surface area contributed by atoms with Gasteiger partial charge in [-0.1, -0.05) is 40.2 Å². The maximum atomic E-state index is 4.18. The number of aryl methyl sites for hydroxylation is 1. The molecule has 3 aromatic rings. The molecule has 0 bridgehead atoms. The second kappa shape index (κ2) is 5.14. The second-order valence-corrected chi connectivity index (χ2v) is 5.67. The number of pyridine rings is 1. The van der Waals surface area contributed by atoms with E-state index < -0.39 is 0 Å². The van der Waals surface area contributed by atoms with Crippen LogP contribution in [0, 0.1) is 6.92 Å². The van der Waals surface area contributed by atoms with E-state index in [-0.39, 0.29) is 0 Å². The molecule has 1 nitrogen and oxygen atoms in total. The molecule has 0 N–H and O–H groups in total. The topological polar surface area (TPSA) is 12.9 Å². The Hall–Kier alpha value is -1.67. The van der Waals surface area contributed by atoms with Crippen molar-refractivity contribution in [2.24, 2.45) is 0 Å². The fourth-order valence-electron chi connectivity index (χ4n) is 2.40. The molecule has 1 aromatic heterocycles. The molecule has 2 heteroatoms. The van der Waals surface area contributed by atoms with E-state index in [0.29, 0.717) is 0 Å². The van der Waals surface area contributed by atoms with Crippen LogP contribution in [0.2, 0.25) is 0 Å². The minimum Gasteiger partial charge on any atom is -0.264 e. The van der Waals surface area contributed by atoms with Gasteiger partial charge in [0.2, 0.25) is 0 Å². The van der Waals surface area contributed by atoms with Crippen LogP contribution in [-0.2, 0) is 6.42 Å². The van der Waals surface area contributed by atoms with Gasteiger partial charge >= 0.3 is 0 Å². The van der Waals surface area contributed by atoms with Gasteiger partial charge in [-0.15, -0.1) is 0 Å². The third-order valence-electron chi connectivity index (χ3n) is 3.48. The molecule has 1 heterocycles. The molecule has 2 aromatic carbocycles. The lowest BCUT2D eigenvalue weighted by molar-refractivity contribution is 1.13. The van der Waals surface area contributed by atoms with Gasteiger partial charge in [-0.2, -0.15) is 0 Å². The maximum Gasteiger partial charge on any atom is 0.0303 e. The Labute approximate surface area is 121 Å². The number of aromatic nitrogens is 1. The van der Waals surface area contributed by atoms with E-state index in [1.807, 2.05) is 18.5 Å². The molecule has 0 saturated carbocycles. The number of nitrogens with zero attached hydrogens (tertiary/aromatic N) is 1. The summed E-state index contributed by atoms with van der Waals surface area (Å²) in [6, 6.07) is 15.0. The normalized spacial score (nSPS) is 10.8. The fourth-order valence-corrected chi connectivity index (χ4v) is 2.76. The van der Waals surface area contributed by atoms with Gasteiger partial charge < -0.3 is 0 Å².